The van der Waals surface area contributed by atoms with Gasteiger partial charge in [-0.2, -0.15) is 0 Å². The van der Waals surface area contributed by atoms with E-state index >= 15 is 0 Å². The Bertz CT molecular complexity index is 850. The molecule has 3 aromatic rings. The monoisotopic (exact) mass is 272 g/mol. The molecule has 0 fully saturated rings. The number of aromatic hydroxyl groups is 2. The molecule has 20 heavy (non-hydrogen) atoms. The van der Waals surface area contributed by atoms with E-state index in [1.54, 1.807) is 0 Å². The minimum absolute atomic E-state index is 0.0210. The molecule has 4 nitrogen and oxygen atoms in total. The Morgan fingerprint density at radius 2 is 1.70 bits per heavy atom. The van der Waals surface area contributed by atoms with Gasteiger partial charge in [-0.15, -0.1) is 0 Å². The second-order valence-electron chi connectivity index (χ2n) is 4.30. The van der Waals surface area contributed by atoms with E-state index in [-0.39, 0.29) is 22.3 Å². The topological polar surface area (TPSA) is 70.7 Å². The summed E-state index contributed by atoms with van der Waals surface area (Å²) in [5, 5.41) is 18.6. The maximum atomic E-state index is 13.8. The number of hydrogen-bond acceptors (Lipinski definition) is 4. The summed E-state index contributed by atoms with van der Waals surface area (Å²) in [7, 11) is 0. The van der Waals surface area contributed by atoms with E-state index in [0.717, 1.165) is 6.07 Å². The van der Waals surface area contributed by atoms with E-state index in [1.165, 1.54) is 36.4 Å². The van der Waals surface area contributed by atoms with Crippen molar-refractivity contribution in [3.63, 3.8) is 0 Å². The van der Waals surface area contributed by atoms with E-state index in [9.17, 15) is 19.4 Å². The van der Waals surface area contributed by atoms with Crippen molar-refractivity contribution in [3.8, 4) is 22.6 Å². The first kappa shape index (κ1) is 12.2. The molecule has 2 aromatic carbocycles. The van der Waals surface area contributed by atoms with Gasteiger partial charge in [-0.3, -0.25) is 0 Å². The molecule has 0 spiro atoms. The van der Waals surface area contributed by atoms with Crippen molar-refractivity contribution in [1.29, 1.82) is 0 Å². The molecule has 0 bridgehead atoms. The van der Waals surface area contributed by atoms with Gasteiger partial charge in [0.1, 0.15) is 11.3 Å². The van der Waals surface area contributed by atoms with E-state index < -0.39 is 17.2 Å². The Morgan fingerprint density at radius 1 is 1.00 bits per heavy atom. The van der Waals surface area contributed by atoms with Crippen LogP contribution in [0.5, 0.6) is 11.5 Å². The Hall–Kier alpha value is -2.82. The van der Waals surface area contributed by atoms with Gasteiger partial charge in [-0.25, -0.2) is 9.18 Å². The van der Waals surface area contributed by atoms with E-state index in [4.69, 9.17) is 4.42 Å². The molecule has 0 unspecified atom stereocenters. The number of benzene rings is 2. The van der Waals surface area contributed by atoms with Gasteiger partial charge in [-0.05, 0) is 35.9 Å². The highest BCUT2D eigenvalue weighted by Gasteiger charge is 2.13. The quantitative estimate of drug-likeness (QED) is 0.668. The van der Waals surface area contributed by atoms with Crippen molar-refractivity contribution in [2.75, 3.05) is 0 Å². The fraction of sp³-hybridized carbons (Fsp3) is 0. The maximum Gasteiger partial charge on any atom is 0.344 e. The van der Waals surface area contributed by atoms with Crippen LogP contribution in [0.1, 0.15) is 0 Å². The lowest BCUT2D eigenvalue weighted by Gasteiger charge is -2.04. The Labute approximate surface area is 112 Å². The van der Waals surface area contributed by atoms with Crippen molar-refractivity contribution in [3.05, 3.63) is 58.7 Å². The molecule has 2 N–H and O–H groups in total. The average Bonchev–Trinajstić information content (AvgIpc) is 2.44. The van der Waals surface area contributed by atoms with E-state index in [1.807, 2.05) is 0 Å². The molecule has 0 radical (unpaired) electrons. The van der Waals surface area contributed by atoms with Crippen LogP contribution in [0.2, 0.25) is 0 Å². The summed E-state index contributed by atoms with van der Waals surface area (Å²) >= 11 is 0. The lowest BCUT2D eigenvalue weighted by Crippen LogP contribution is -2.03. The summed E-state index contributed by atoms with van der Waals surface area (Å²) in [4.78, 5) is 11.9. The van der Waals surface area contributed by atoms with Crippen LogP contribution in [0.25, 0.3) is 22.1 Å². The number of fused-ring (bicyclic) bond motifs is 1. The van der Waals surface area contributed by atoms with Gasteiger partial charge in [-0.1, -0.05) is 12.1 Å². The number of rotatable bonds is 1. The molecule has 0 aliphatic rings. The molecular weight excluding hydrogens is 263 g/mol. The van der Waals surface area contributed by atoms with Gasteiger partial charge in [0.2, 0.25) is 0 Å². The number of phenolic OH excluding ortho intramolecular Hbond substituents is 2. The second kappa shape index (κ2) is 4.38. The van der Waals surface area contributed by atoms with Crippen LogP contribution in [-0.2, 0) is 0 Å². The Balaban J connectivity index is 2.31. The molecule has 1 aromatic heterocycles. The van der Waals surface area contributed by atoms with E-state index in [2.05, 4.69) is 0 Å². The van der Waals surface area contributed by atoms with Crippen LogP contribution in [-0.4, -0.2) is 10.2 Å². The summed E-state index contributed by atoms with van der Waals surface area (Å²) in [6, 6.07) is 9.65. The van der Waals surface area contributed by atoms with Crippen molar-refractivity contribution < 1.29 is 19.0 Å². The van der Waals surface area contributed by atoms with Gasteiger partial charge >= 0.3 is 5.63 Å². The summed E-state index contributed by atoms with van der Waals surface area (Å²) in [6.07, 6.45) is 0. The van der Waals surface area contributed by atoms with Crippen molar-refractivity contribution in [1.82, 2.24) is 0 Å². The molecule has 0 amide bonds. The fourth-order valence-corrected chi connectivity index (χ4v) is 1.99. The summed E-state index contributed by atoms with van der Waals surface area (Å²) in [5.74, 6) is -1.29. The smallest absolute Gasteiger partial charge is 0.344 e. The normalized spacial score (nSPS) is 10.8. The first-order chi connectivity index (χ1) is 9.56. The van der Waals surface area contributed by atoms with Crippen LogP contribution in [0.15, 0.2) is 51.7 Å². The third kappa shape index (κ3) is 1.89. The first-order valence-corrected chi connectivity index (χ1v) is 5.81. The van der Waals surface area contributed by atoms with Crippen molar-refractivity contribution in [2.45, 2.75) is 0 Å². The fourth-order valence-electron chi connectivity index (χ4n) is 1.99. The Kier molecular flexibility index (Phi) is 2.68. The van der Waals surface area contributed by atoms with E-state index in [0.29, 0.717) is 5.56 Å². The molecule has 3 rings (SSSR count). The van der Waals surface area contributed by atoms with Gasteiger partial charge < -0.3 is 14.6 Å². The number of halogens is 1. The third-order valence-corrected chi connectivity index (χ3v) is 3.01. The van der Waals surface area contributed by atoms with Crippen LogP contribution in [0.4, 0.5) is 4.39 Å². The zero-order valence-corrected chi connectivity index (χ0v) is 10.1. The summed E-state index contributed by atoms with van der Waals surface area (Å²) in [6.45, 7) is 0. The zero-order valence-electron chi connectivity index (χ0n) is 10.1. The lowest BCUT2D eigenvalue weighted by atomic mass is 10.1. The van der Waals surface area contributed by atoms with Crippen LogP contribution in [0.3, 0.4) is 0 Å². The van der Waals surface area contributed by atoms with Crippen LogP contribution >= 0.6 is 0 Å². The molecule has 0 atom stereocenters. The molecule has 5 heteroatoms. The minimum atomic E-state index is -0.841. The number of hydrogen-bond donors (Lipinski definition) is 2. The predicted octanol–water partition coefficient (Wildman–Crippen LogP) is 3.01. The average molecular weight is 272 g/mol. The molecule has 0 aliphatic heterocycles. The van der Waals surface area contributed by atoms with Crippen molar-refractivity contribution in [2.24, 2.45) is 0 Å². The SMILES string of the molecule is O=c1oc2ccc(O)c(F)c2cc1-c1ccc(O)cc1. The van der Waals surface area contributed by atoms with Crippen molar-refractivity contribution >= 4 is 11.0 Å². The highest BCUT2D eigenvalue weighted by Crippen LogP contribution is 2.28. The highest BCUT2D eigenvalue weighted by atomic mass is 19.1. The Morgan fingerprint density at radius 3 is 2.40 bits per heavy atom. The van der Waals surface area contributed by atoms with Gasteiger partial charge in [0.15, 0.2) is 11.6 Å². The maximum absolute atomic E-state index is 13.8. The second-order valence-corrected chi connectivity index (χ2v) is 4.30. The van der Waals surface area contributed by atoms with Gasteiger partial charge in [0, 0.05) is 0 Å². The largest absolute Gasteiger partial charge is 0.508 e. The molecule has 0 saturated carbocycles. The molecule has 100 valence electrons. The van der Waals surface area contributed by atoms with Gasteiger partial charge in [0.25, 0.3) is 0 Å². The molecule has 0 aliphatic carbocycles. The molecule has 0 saturated heterocycles. The van der Waals surface area contributed by atoms with Gasteiger partial charge in [0.05, 0.1) is 10.9 Å². The first-order valence-electron chi connectivity index (χ1n) is 5.81. The predicted molar refractivity (Wildman–Crippen MR) is 71.2 cm³/mol. The third-order valence-electron chi connectivity index (χ3n) is 3.01. The molecular formula is C15H9FO4. The van der Waals surface area contributed by atoms with Crippen LogP contribution in [0, 0.1) is 5.82 Å². The standard InChI is InChI=1S/C15H9FO4/c16-14-11-7-10(8-1-3-9(17)4-2-8)15(19)20-13(11)6-5-12(14)18/h1-7,17-18H. The highest BCUT2D eigenvalue weighted by molar-refractivity contribution is 5.83. The van der Waals surface area contributed by atoms with Crippen LogP contribution < -0.4 is 5.63 Å². The minimum Gasteiger partial charge on any atom is -0.508 e. The lowest BCUT2D eigenvalue weighted by molar-refractivity contribution is 0.434. The number of phenols is 2. The summed E-state index contributed by atoms with van der Waals surface area (Å²) < 4.78 is 18.9. The zero-order chi connectivity index (χ0) is 14.3. The summed E-state index contributed by atoms with van der Waals surface area (Å²) in [5.41, 5.74) is 0.0873. The molecule has 1 heterocycles.